The van der Waals surface area contributed by atoms with E-state index in [4.69, 9.17) is 22.2 Å². The molecule has 0 aliphatic rings. The van der Waals surface area contributed by atoms with Crippen LogP contribution in [-0.4, -0.2) is 33.2 Å². The molecule has 9 heavy (non-hydrogen) atoms. The zero-order chi connectivity index (χ0) is 7.70. The molecule has 58 valence electrons. The van der Waals surface area contributed by atoms with Gasteiger partial charge in [0.25, 0.3) is 0 Å². The molecule has 0 spiro atoms. The van der Waals surface area contributed by atoms with Crippen LogP contribution in [0.5, 0.6) is 0 Å². The third kappa shape index (κ3) is 17.7. The molecule has 0 unspecified atom stereocenters. The molecule has 0 saturated carbocycles. The minimum atomic E-state index is -0.639. The molecule has 0 heterocycles. The zero-order valence-electron chi connectivity index (χ0n) is 6.32. The SMILES string of the molecule is CCN(C)CC.Cl[SiH2]Cl. The molecule has 0 rings (SSSR count). The molecular weight excluding hydrogens is 173 g/mol. The van der Waals surface area contributed by atoms with Gasteiger partial charge in [-0.3, -0.25) is 0 Å². The molecule has 1 nitrogen and oxygen atoms in total. The Hall–Kier alpha value is 0.757. The first-order valence-corrected chi connectivity index (χ1v) is 7.30. The van der Waals surface area contributed by atoms with Crippen molar-refractivity contribution in [3.05, 3.63) is 0 Å². The van der Waals surface area contributed by atoms with Gasteiger partial charge in [-0.2, -0.15) is 22.2 Å². The van der Waals surface area contributed by atoms with Gasteiger partial charge in [-0.1, -0.05) is 13.8 Å². The van der Waals surface area contributed by atoms with E-state index >= 15 is 0 Å². The lowest BCUT2D eigenvalue weighted by atomic mass is 10.6. The lowest BCUT2D eigenvalue weighted by Gasteiger charge is -2.07. The van der Waals surface area contributed by atoms with Crippen molar-refractivity contribution in [1.82, 2.24) is 4.90 Å². The van der Waals surface area contributed by atoms with Gasteiger partial charge in [0.1, 0.15) is 0 Å². The molecule has 0 aliphatic heterocycles. The van der Waals surface area contributed by atoms with Crippen molar-refractivity contribution in [2.75, 3.05) is 20.1 Å². The minimum Gasteiger partial charge on any atom is -0.307 e. The van der Waals surface area contributed by atoms with Gasteiger partial charge in [-0.05, 0) is 20.1 Å². The molecule has 0 saturated heterocycles. The van der Waals surface area contributed by atoms with Gasteiger partial charge in [0, 0.05) is 0 Å². The van der Waals surface area contributed by atoms with Gasteiger partial charge >= 0.3 is 0 Å². The summed E-state index contributed by atoms with van der Waals surface area (Å²) >= 11 is 9.81. The fraction of sp³-hybridized carbons (Fsp3) is 1.00. The molecule has 0 bridgehead atoms. The van der Waals surface area contributed by atoms with Crippen LogP contribution in [0.25, 0.3) is 0 Å². The highest BCUT2D eigenvalue weighted by Gasteiger charge is 1.81. The summed E-state index contributed by atoms with van der Waals surface area (Å²) in [5.41, 5.74) is 0. The summed E-state index contributed by atoms with van der Waals surface area (Å²) in [7, 11) is 1.47. The lowest BCUT2D eigenvalue weighted by molar-refractivity contribution is 0.373. The quantitative estimate of drug-likeness (QED) is 0.468. The van der Waals surface area contributed by atoms with E-state index in [1.54, 1.807) is 0 Å². The van der Waals surface area contributed by atoms with E-state index in [0.717, 1.165) is 13.1 Å². The third-order valence-electron chi connectivity index (χ3n) is 1.08. The Bertz CT molecular complexity index is 41.9. The number of hydrogen-bond donors (Lipinski definition) is 0. The van der Waals surface area contributed by atoms with Crippen LogP contribution < -0.4 is 0 Å². The topological polar surface area (TPSA) is 3.24 Å². The fourth-order valence-electron chi connectivity index (χ4n) is 0.224. The van der Waals surface area contributed by atoms with Crippen LogP contribution in [-0.2, 0) is 0 Å². The molecule has 0 amide bonds. The van der Waals surface area contributed by atoms with Crippen molar-refractivity contribution in [2.45, 2.75) is 13.8 Å². The van der Waals surface area contributed by atoms with E-state index in [0.29, 0.717) is 0 Å². The van der Waals surface area contributed by atoms with Gasteiger partial charge in [-0.25, -0.2) is 0 Å². The Morgan fingerprint density at radius 3 is 1.44 bits per heavy atom. The van der Waals surface area contributed by atoms with Gasteiger partial charge in [0.15, 0.2) is 0 Å². The van der Waals surface area contributed by atoms with E-state index in [1.165, 1.54) is 0 Å². The third-order valence-corrected chi connectivity index (χ3v) is 1.08. The molecular formula is C5H15Cl2NSi. The van der Waals surface area contributed by atoms with Crippen LogP contribution in [0, 0.1) is 0 Å². The first kappa shape index (κ1) is 12.4. The number of nitrogens with zero attached hydrogens (tertiary/aromatic N) is 1. The second-order valence-corrected chi connectivity index (χ2v) is 4.22. The Labute approximate surface area is 69.6 Å². The van der Waals surface area contributed by atoms with Crippen LogP contribution in [0.1, 0.15) is 13.8 Å². The Morgan fingerprint density at radius 2 is 1.44 bits per heavy atom. The van der Waals surface area contributed by atoms with Crippen molar-refractivity contribution in [1.29, 1.82) is 0 Å². The summed E-state index contributed by atoms with van der Waals surface area (Å²) in [5, 5.41) is 0. The van der Waals surface area contributed by atoms with Gasteiger partial charge in [-0.15, -0.1) is 0 Å². The molecule has 0 fully saturated rings. The maximum Gasteiger partial charge on any atom is 0.222 e. The first-order chi connectivity index (χ1) is 4.22. The highest BCUT2D eigenvalue weighted by Crippen LogP contribution is 1.73. The Morgan fingerprint density at radius 1 is 1.22 bits per heavy atom. The maximum atomic E-state index is 4.90. The van der Waals surface area contributed by atoms with Crippen molar-refractivity contribution in [3.63, 3.8) is 0 Å². The summed E-state index contributed by atoms with van der Waals surface area (Å²) in [6, 6.07) is 0. The average Bonchev–Trinajstić information content (AvgIpc) is 1.88. The van der Waals surface area contributed by atoms with E-state index in [2.05, 4.69) is 25.8 Å². The molecule has 0 radical (unpaired) electrons. The maximum absolute atomic E-state index is 4.90. The normalized spacial score (nSPS) is 8.67. The highest BCUT2D eigenvalue weighted by atomic mass is 35.7. The monoisotopic (exact) mass is 187 g/mol. The van der Waals surface area contributed by atoms with E-state index < -0.39 is 8.14 Å². The predicted molar refractivity (Wildman–Crippen MR) is 49.1 cm³/mol. The smallest absolute Gasteiger partial charge is 0.222 e. The lowest BCUT2D eigenvalue weighted by Crippen LogP contribution is -2.15. The molecule has 0 aliphatic carbocycles. The van der Waals surface area contributed by atoms with E-state index in [1.807, 2.05) is 0 Å². The average molecular weight is 188 g/mol. The molecule has 0 aromatic heterocycles. The standard InChI is InChI=1S/C5H13N.Cl2H2Si/c1-4-6(3)5-2;1-3-2/h4-5H2,1-3H3;3H2. The van der Waals surface area contributed by atoms with Crippen LogP contribution >= 0.6 is 22.2 Å². The summed E-state index contributed by atoms with van der Waals surface area (Å²) in [4.78, 5) is 2.25. The second-order valence-electron chi connectivity index (χ2n) is 1.59. The summed E-state index contributed by atoms with van der Waals surface area (Å²) in [6.45, 7) is 6.64. The van der Waals surface area contributed by atoms with Crippen molar-refractivity contribution < 1.29 is 0 Å². The Balaban J connectivity index is 0. The second kappa shape index (κ2) is 11.5. The molecule has 0 N–H and O–H groups in total. The number of rotatable bonds is 2. The largest absolute Gasteiger partial charge is 0.307 e. The molecule has 4 heteroatoms. The number of hydrogen-bond acceptors (Lipinski definition) is 1. The molecule has 0 aromatic rings. The van der Waals surface area contributed by atoms with Crippen LogP contribution in [0.15, 0.2) is 0 Å². The molecule has 0 atom stereocenters. The number of halogens is 2. The fourth-order valence-corrected chi connectivity index (χ4v) is 0.224. The van der Waals surface area contributed by atoms with Crippen LogP contribution in [0.3, 0.4) is 0 Å². The summed E-state index contributed by atoms with van der Waals surface area (Å²) < 4.78 is 0. The van der Waals surface area contributed by atoms with E-state index in [-0.39, 0.29) is 0 Å². The van der Waals surface area contributed by atoms with Gasteiger partial charge in [0.2, 0.25) is 8.14 Å². The van der Waals surface area contributed by atoms with Gasteiger partial charge < -0.3 is 4.90 Å². The van der Waals surface area contributed by atoms with Crippen molar-refractivity contribution in [2.24, 2.45) is 0 Å². The van der Waals surface area contributed by atoms with Crippen molar-refractivity contribution >= 4 is 30.3 Å². The van der Waals surface area contributed by atoms with Crippen LogP contribution in [0.4, 0.5) is 0 Å². The molecule has 0 aromatic carbocycles. The van der Waals surface area contributed by atoms with Gasteiger partial charge in [0.05, 0.1) is 0 Å². The first-order valence-electron chi connectivity index (χ1n) is 3.03. The summed E-state index contributed by atoms with van der Waals surface area (Å²) in [6.07, 6.45) is 0. The zero-order valence-corrected chi connectivity index (χ0v) is 9.25. The van der Waals surface area contributed by atoms with E-state index in [9.17, 15) is 0 Å². The van der Waals surface area contributed by atoms with Crippen molar-refractivity contribution in [3.8, 4) is 0 Å². The highest BCUT2D eigenvalue weighted by molar-refractivity contribution is 7.22. The predicted octanol–water partition coefficient (Wildman–Crippen LogP) is 1.42. The summed E-state index contributed by atoms with van der Waals surface area (Å²) in [5.74, 6) is 0. The van der Waals surface area contributed by atoms with Crippen LogP contribution in [0.2, 0.25) is 0 Å². The minimum absolute atomic E-state index is 0.639. The Kier molecular flexibility index (Phi) is 15.9.